The van der Waals surface area contributed by atoms with Gasteiger partial charge in [0.2, 0.25) is 0 Å². The van der Waals surface area contributed by atoms with Crippen molar-refractivity contribution in [3.8, 4) is 0 Å². The molecule has 2 fully saturated rings. The zero-order chi connectivity index (χ0) is 12.1. The zero-order valence-electron chi connectivity index (χ0n) is 11.1. The quantitative estimate of drug-likeness (QED) is 0.792. The third-order valence-corrected chi connectivity index (χ3v) is 5.72. The lowest BCUT2D eigenvalue weighted by Crippen LogP contribution is -2.39. The van der Waals surface area contributed by atoms with Gasteiger partial charge < -0.3 is 0 Å². The Kier molecular flexibility index (Phi) is 3.54. The molecule has 2 nitrogen and oxygen atoms in total. The van der Waals surface area contributed by atoms with Gasteiger partial charge in [0.15, 0.2) is 0 Å². The molecule has 4 rings (SSSR count). The second-order valence-electron chi connectivity index (χ2n) is 5.78. The van der Waals surface area contributed by atoms with Crippen LogP contribution in [0.15, 0.2) is 24.3 Å². The maximum atomic E-state index is 4.76. The summed E-state index contributed by atoms with van der Waals surface area (Å²) in [6.07, 6.45) is 2.73. The average Bonchev–Trinajstić information content (AvgIpc) is 2.88. The third-order valence-electron chi connectivity index (χ3n) is 4.88. The molecule has 2 aliphatic rings. The SMILES string of the molecule is CC1C2CCN1CC(c1nsc3ccccc13)C2.Cl. The van der Waals surface area contributed by atoms with Crippen LogP contribution >= 0.6 is 23.9 Å². The van der Waals surface area contributed by atoms with E-state index in [0.717, 1.165) is 12.0 Å². The van der Waals surface area contributed by atoms with E-state index >= 15 is 0 Å². The number of piperidine rings is 1. The first-order chi connectivity index (χ1) is 8.83. The highest BCUT2D eigenvalue weighted by atomic mass is 35.5. The first kappa shape index (κ1) is 13.3. The topological polar surface area (TPSA) is 16.1 Å². The van der Waals surface area contributed by atoms with Crippen LogP contribution in [0.3, 0.4) is 0 Å². The number of fused-ring (bicyclic) bond motifs is 3. The van der Waals surface area contributed by atoms with Gasteiger partial charge in [0.1, 0.15) is 0 Å². The minimum atomic E-state index is 0. The van der Waals surface area contributed by atoms with Crippen LogP contribution < -0.4 is 0 Å². The molecule has 1 aromatic heterocycles. The van der Waals surface area contributed by atoms with Crippen LogP contribution in [0, 0.1) is 5.92 Å². The summed E-state index contributed by atoms with van der Waals surface area (Å²) in [5.74, 6) is 1.55. The van der Waals surface area contributed by atoms with Gasteiger partial charge in [0.05, 0.1) is 10.4 Å². The molecule has 2 aromatic rings. The molecule has 0 N–H and O–H groups in total. The summed E-state index contributed by atoms with van der Waals surface area (Å²) in [5.41, 5.74) is 1.36. The molecule has 4 unspecified atom stereocenters. The number of hydrogen-bond donors (Lipinski definition) is 0. The largest absolute Gasteiger partial charge is 0.300 e. The highest BCUT2D eigenvalue weighted by Crippen LogP contribution is 2.42. The minimum Gasteiger partial charge on any atom is -0.300 e. The number of nitrogens with zero attached hydrogens (tertiary/aromatic N) is 2. The summed E-state index contributed by atoms with van der Waals surface area (Å²) in [6.45, 7) is 4.91. The lowest BCUT2D eigenvalue weighted by atomic mass is 9.84. The zero-order valence-corrected chi connectivity index (χ0v) is 12.7. The normalized spacial score (nSPS) is 33.3. The van der Waals surface area contributed by atoms with Crippen LogP contribution in [0.5, 0.6) is 0 Å². The Hall–Kier alpha value is -0.640. The van der Waals surface area contributed by atoms with Gasteiger partial charge in [-0.25, -0.2) is 0 Å². The predicted molar refractivity (Wildman–Crippen MR) is 83.4 cm³/mol. The van der Waals surface area contributed by atoms with Crippen molar-refractivity contribution in [1.82, 2.24) is 9.27 Å². The number of halogens is 1. The van der Waals surface area contributed by atoms with E-state index in [9.17, 15) is 0 Å². The summed E-state index contributed by atoms with van der Waals surface area (Å²) in [4.78, 5) is 2.66. The van der Waals surface area contributed by atoms with Gasteiger partial charge in [-0.2, -0.15) is 4.37 Å². The molecule has 0 saturated carbocycles. The molecular formula is C15H19ClN2S. The lowest BCUT2D eigenvalue weighted by molar-refractivity contribution is 0.170. The highest BCUT2D eigenvalue weighted by molar-refractivity contribution is 7.13. The minimum absolute atomic E-state index is 0. The van der Waals surface area contributed by atoms with Crippen molar-refractivity contribution in [3.05, 3.63) is 30.0 Å². The Bertz CT molecular complexity index is 568. The van der Waals surface area contributed by atoms with Crippen LogP contribution in [0.2, 0.25) is 0 Å². The van der Waals surface area contributed by atoms with E-state index < -0.39 is 0 Å². The van der Waals surface area contributed by atoms with E-state index in [-0.39, 0.29) is 12.4 Å². The van der Waals surface area contributed by atoms with Gasteiger partial charge in [0, 0.05) is 23.9 Å². The van der Waals surface area contributed by atoms with Crippen molar-refractivity contribution in [2.24, 2.45) is 5.92 Å². The van der Waals surface area contributed by atoms with E-state index in [1.807, 2.05) is 0 Å². The summed E-state index contributed by atoms with van der Waals surface area (Å²) in [6, 6.07) is 9.48. The van der Waals surface area contributed by atoms with Crippen molar-refractivity contribution in [3.63, 3.8) is 0 Å². The Morgan fingerprint density at radius 2 is 2.16 bits per heavy atom. The summed E-state index contributed by atoms with van der Waals surface area (Å²) < 4.78 is 6.10. The highest BCUT2D eigenvalue weighted by Gasteiger charge is 2.39. The fourth-order valence-corrected chi connectivity index (χ4v) is 4.62. The lowest BCUT2D eigenvalue weighted by Gasteiger charge is -2.35. The number of benzene rings is 1. The number of aromatic nitrogens is 1. The summed E-state index contributed by atoms with van der Waals surface area (Å²) in [7, 11) is 0. The Labute approximate surface area is 124 Å². The van der Waals surface area contributed by atoms with Crippen LogP contribution in [0.4, 0.5) is 0 Å². The van der Waals surface area contributed by atoms with Gasteiger partial charge in [-0.15, -0.1) is 12.4 Å². The van der Waals surface area contributed by atoms with Crippen molar-refractivity contribution < 1.29 is 0 Å². The monoisotopic (exact) mass is 294 g/mol. The van der Waals surface area contributed by atoms with E-state index in [0.29, 0.717) is 5.92 Å². The molecule has 0 spiro atoms. The van der Waals surface area contributed by atoms with E-state index in [1.165, 1.54) is 41.7 Å². The van der Waals surface area contributed by atoms with E-state index in [1.54, 1.807) is 11.5 Å². The van der Waals surface area contributed by atoms with Crippen LogP contribution in [-0.2, 0) is 0 Å². The summed E-state index contributed by atoms with van der Waals surface area (Å²) >= 11 is 1.66. The molecule has 0 radical (unpaired) electrons. The van der Waals surface area contributed by atoms with Gasteiger partial charge in [-0.1, -0.05) is 18.2 Å². The van der Waals surface area contributed by atoms with Gasteiger partial charge >= 0.3 is 0 Å². The van der Waals surface area contributed by atoms with Crippen LogP contribution in [0.25, 0.3) is 10.1 Å². The molecule has 2 bridgehead atoms. The molecule has 2 aliphatic heterocycles. The van der Waals surface area contributed by atoms with E-state index in [4.69, 9.17) is 4.37 Å². The molecule has 19 heavy (non-hydrogen) atoms. The first-order valence-electron chi connectivity index (χ1n) is 6.91. The third kappa shape index (κ3) is 2.08. The molecule has 1 aromatic carbocycles. The molecule has 4 atom stereocenters. The predicted octanol–water partition coefficient (Wildman–Crippen LogP) is 3.92. The first-order valence-corrected chi connectivity index (χ1v) is 7.68. The average molecular weight is 295 g/mol. The van der Waals surface area contributed by atoms with E-state index in [2.05, 4.69) is 36.1 Å². The van der Waals surface area contributed by atoms with Gasteiger partial charge in [-0.3, -0.25) is 4.90 Å². The molecule has 102 valence electrons. The molecule has 4 heteroatoms. The Balaban J connectivity index is 0.00000110. The molecular weight excluding hydrogens is 276 g/mol. The molecule has 0 amide bonds. The smallest absolute Gasteiger partial charge is 0.0664 e. The molecule has 2 saturated heterocycles. The number of hydrogen-bond acceptors (Lipinski definition) is 3. The standard InChI is InChI=1S/C15H18N2S.ClH/c1-10-11-6-7-17(10)9-12(8-11)15-13-4-2-3-5-14(13)18-16-15;/h2-5,10-12H,6-9H2,1H3;1H. The maximum absolute atomic E-state index is 4.76. The molecule has 0 aliphatic carbocycles. The molecule has 3 heterocycles. The van der Waals surface area contributed by atoms with Crippen molar-refractivity contribution in [2.75, 3.05) is 13.1 Å². The Morgan fingerprint density at radius 1 is 1.32 bits per heavy atom. The second kappa shape index (κ2) is 5.04. The maximum Gasteiger partial charge on any atom is 0.0664 e. The number of rotatable bonds is 1. The second-order valence-corrected chi connectivity index (χ2v) is 6.59. The van der Waals surface area contributed by atoms with Gasteiger partial charge in [-0.05, 0) is 49.8 Å². The Morgan fingerprint density at radius 3 is 3.00 bits per heavy atom. The van der Waals surface area contributed by atoms with Crippen LogP contribution in [-0.4, -0.2) is 28.4 Å². The van der Waals surface area contributed by atoms with Gasteiger partial charge in [0.25, 0.3) is 0 Å². The fourth-order valence-electron chi connectivity index (χ4n) is 3.77. The van der Waals surface area contributed by atoms with Crippen molar-refractivity contribution in [2.45, 2.75) is 31.7 Å². The fraction of sp³-hybridized carbons (Fsp3) is 0.533. The summed E-state index contributed by atoms with van der Waals surface area (Å²) in [5, 5.41) is 1.39. The van der Waals surface area contributed by atoms with Crippen molar-refractivity contribution >= 4 is 34.0 Å². The van der Waals surface area contributed by atoms with Crippen LogP contribution in [0.1, 0.15) is 31.4 Å². The van der Waals surface area contributed by atoms with Crippen molar-refractivity contribution in [1.29, 1.82) is 0 Å².